The molecule has 0 radical (unpaired) electrons. The number of carbonyl (C=O) groups excluding carboxylic acids is 1. The van der Waals surface area contributed by atoms with Crippen molar-refractivity contribution >= 4 is 5.91 Å². The van der Waals surface area contributed by atoms with E-state index in [0.29, 0.717) is 12.3 Å². The van der Waals surface area contributed by atoms with Crippen LogP contribution in [0.4, 0.5) is 0 Å². The number of nitrogens with two attached hydrogens (primary N) is 1. The summed E-state index contributed by atoms with van der Waals surface area (Å²) in [5.74, 6) is 5.92. The summed E-state index contributed by atoms with van der Waals surface area (Å²) in [4.78, 5) is 11.5. The Bertz CT molecular complexity index is 377. The van der Waals surface area contributed by atoms with Gasteiger partial charge >= 0.3 is 0 Å². The molecule has 1 rings (SSSR count). The first-order valence-corrected chi connectivity index (χ1v) is 5.86. The minimum atomic E-state index is -0.542. The summed E-state index contributed by atoms with van der Waals surface area (Å²) in [6, 6.07) is 7.75. The molecular formula is C13H20N2O2. The zero-order valence-electron chi connectivity index (χ0n) is 10.6. The second-order valence-corrected chi connectivity index (χ2v) is 4.22. The van der Waals surface area contributed by atoms with Crippen LogP contribution in [0, 0.1) is 0 Å². The van der Waals surface area contributed by atoms with Gasteiger partial charge in [0.1, 0.15) is 5.75 Å². The minimum Gasteiger partial charge on any atom is -0.480 e. The molecular weight excluding hydrogens is 216 g/mol. The average Bonchev–Trinajstić information content (AvgIpc) is 2.35. The third-order valence-corrected chi connectivity index (χ3v) is 2.62. The molecule has 1 aromatic rings. The molecule has 3 N–H and O–H groups in total. The Morgan fingerprint density at radius 2 is 2.06 bits per heavy atom. The first-order valence-electron chi connectivity index (χ1n) is 5.86. The summed E-state index contributed by atoms with van der Waals surface area (Å²) in [6.07, 6.45) is 0.0371. The SMILES string of the molecule is CCC(Oc1ccccc1C(C)C)C(=O)NN. The molecule has 0 aliphatic rings. The van der Waals surface area contributed by atoms with Gasteiger partial charge in [0, 0.05) is 0 Å². The summed E-state index contributed by atoms with van der Waals surface area (Å²) in [5, 5.41) is 0. The van der Waals surface area contributed by atoms with Gasteiger partial charge in [-0.25, -0.2) is 5.84 Å². The van der Waals surface area contributed by atoms with E-state index in [-0.39, 0.29) is 5.91 Å². The number of rotatable bonds is 5. The first-order chi connectivity index (χ1) is 8.10. The molecule has 4 nitrogen and oxygen atoms in total. The van der Waals surface area contributed by atoms with Crippen LogP contribution in [0.2, 0.25) is 0 Å². The lowest BCUT2D eigenvalue weighted by Gasteiger charge is -2.19. The van der Waals surface area contributed by atoms with Crippen LogP contribution in [0.1, 0.15) is 38.7 Å². The van der Waals surface area contributed by atoms with Crippen molar-refractivity contribution in [2.45, 2.75) is 39.2 Å². The van der Waals surface area contributed by atoms with Gasteiger partial charge in [-0.15, -0.1) is 0 Å². The number of hydrogen-bond acceptors (Lipinski definition) is 3. The van der Waals surface area contributed by atoms with Gasteiger partial charge in [-0.3, -0.25) is 10.2 Å². The van der Waals surface area contributed by atoms with E-state index in [1.54, 1.807) is 0 Å². The summed E-state index contributed by atoms with van der Waals surface area (Å²) < 4.78 is 5.72. The molecule has 1 aromatic carbocycles. The molecule has 1 atom stereocenters. The van der Waals surface area contributed by atoms with Gasteiger partial charge in [-0.05, 0) is 24.0 Å². The molecule has 0 saturated carbocycles. The van der Waals surface area contributed by atoms with Crippen molar-refractivity contribution in [1.29, 1.82) is 0 Å². The fourth-order valence-corrected chi connectivity index (χ4v) is 1.63. The second kappa shape index (κ2) is 6.25. The maximum Gasteiger partial charge on any atom is 0.274 e. The fourth-order valence-electron chi connectivity index (χ4n) is 1.63. The van der Waals surface area contributed by atoms with Crippen LogP contribution in [-0.4, -0.2) is 12.0 Å². The molecule has 1 amide bonds. The third kappa shape index (κ3) is 3.46. The molecule has 17 heavy (non-hydrogen) atoms. The Kier molecular flexibility index (Phi) is 4.97. The topological polar surface area (TPSA) is 64.3 Å². The summed E-state index contributed by atoms with van der Waals surface area (Å²) >= 11 is 0. The standard InChI is InChI=1S/C13H20N2O2/c1-4-11(13(16)15-14)17-12-8-6-5-7-10(12)9(2)3/h5-9,11H,4,14H2,1-3H3,(H,15,16). The maximum absolute atomic E-state index is 11.5. The van der Waals surface area contributed by atoms with Crippen LogP contribution in [0.5, 0.6) is 5.75 Å². The van der Waals surface area contributed by atoms with Gasteiger partial charge in [0.05, 0.1) is 0 Å². The van der Waals surface area contributed by atoms with Gasteiger partial charge in [-0.1, -0.05) is 39.0 Å². The summed E-state index contributed by atoms with van der Waals surface area (Å²) in [7, 11) is 0. The molecule has 4 heteroatoms. The molecule has 0 fully saturated rings. The van der Waals surface area contributed by atoms with E-state index < -0.39 is 6.10 Å². The predicted molar refractivity (Wildman–Crippen MR) is 67.6 cm³/mol. The Labute approximate surface area is 102 Å². The Balaban J connectivity index is 2.89. The Morgan fingerprint density at radius 3 is 2.59 bits per heavy atom. The van der Waals surface area contributed by atoms with Crippen molar-refractivity contribution in [3.05, 3.63) is 29.8 Å². The molecule has 0 spiro atoms. The van der Waals surface area contributed by atoms with E-state index >= 15 is 0 Å². The van der Waals surface area contributed by atoms with E-state index in [9.17, 15) is 4.79 Å². The highest BCUT2D eigenvalue weighted by molar-refractivity contribution is 5.80. The van der Waals surface area contributed by atoms with E-state index in [0.717, 1.165) is 11.3 Å². The van der Waals surface area contributed by atoms with Crippen molar-refractivity contribution in [1.82, 2.24) is 5.43 Å². The van der Waals surface area contributed by atoms with Crippen molar-refractivity contribution in [3.63, 3.8) is 0 Å². The number of nitrogens with one attached hydrogen (secondary N) is 1. The van der Waals surface area contributed by atoms with Gasteiger partial charge in [0.2, 0.25) is 0 Å². The fraction of sp³-hybridized carbons (Fsp3) is 0.462. The van der Waals surface area contributed by atoms with Crippen molar-refractivity contribution in [2.75, 3.05) is 0 Å². The van der Waals surface area contributed by atoms with Crippen molar-refractivity contribution in [2.24, 2.45) is 5.84 Å². The quantitative estimate of drug-likeness (QED) is 0.466. The lowest BCUT2D eigenvalue weighted by atomic mass is 10.0. The number of para-hydroxylation sites is 1. The maximum atomic E-state index is 11.5. The number of hydrogen-bond donors (Lipinski definition) is 2. The lowest BCUT2D eigenvalue weighted by molar-refractivity contribution is -0.128. The number of carbonyl (C=O) groups is 1. The van der Waals surface area contributed by atoms with E-state index in [2.05, 4.69) is 19.3 Å². The van der Waals surface area contributed by atoms with Gasteiger partial charge in [-0.2, -0.15) is 0 Å². The van der Waals surface area contributed by atoms with Crippen LogP contribution in [-0.2, 0) is 4.79 Å². The highest BCUT2D eigenvalue weighted by Gasteiger charge is 2.18. The molecule has 0 aliphatic heterocycles. The molecule has 0 heterocycles. The van der Waals surface area contributed by atoms with Crippen LogP contribution >= 0.6 is 0 Å². The first kappa shape index (κ1) is 13.5. The molecule has 0 bridgehead atoms. The van der Waals surface area contributed by atoms with Gasteiger partial charge in [0.15, 0.2) is 6.10 Å². The number of amides is 1. The molecule has 0 aliphatic carbocycles. The van der Waals surface area contributed by atoms with Crippen LogP contribution in [0.3, 0.4) is 0 Å². The Hall–Kier alpha value is -1.55. The zero-order valence-corrected chi connectivity index (χ0v) is 10.6. The average molecular weight is 236 g/mol. The molecule has 94 valence electrons. The highest BCUT2D eigenvalue weighted by Crippen LogP contribution is 2.27. The van der Waals surface area contributed by atoms with E-state index in [4.69, 9.17) is 10.6 Å². The smallest absolute Gasteiger partial charge is 0.274 e. The molecule has 1 unspecified atom stereocenters. The van der Waals surface area contributed by atoms with Gasteiger partial charge in [0.25, 0.3) is 5.91 Å². The van der Waals surface area contributed by atoms with E-state index in [1.807, 2.05) is 31.2 Å². The van der Waals surface area contributed by atoms with Gasteiger partial charge < -0.3 is 4.74 Å². The largest absolute Gasteiger partial charge is 0.480 e. The van der Waals surface area contributed by atoms with Crippen molar-refractivity contribution < 1.29 is 9.53 Å². The lowest BCUT2D eigenvalue weighted by Crippen LogP contribution is -2.41. The van der Waals surface area contributed by atoms with Crippen LogP contribution in [0.25, 0.3) is 0 Å². The molecule has 0 saturated heterocycles. The van der Waals surface area contributed by atoms with Crippen LogP contribution < -0.4 is 16.0 Å². The van der Waals surface area contributed by atoms with Crippen LogP contribution in [0.15, 0.2) is 24.3 Å². The summed E-state index contributed by atoms with van der Waals surface area (Å²) in [5.41, 5.74) is 3.21. The molecule has 0 aromatic heterocycles. The third-order valence-electron chi connectivity index (χ3n) is 2.62. The normalized spacial score (nSPS) is 12.3. The summed E-state index contributed by atoms with van der Waals surface area (Å²) in [6.45, 7) is 6.07. The predicted octanol–water partition coefficient (Wildman–Crippen LogP) is 1.96. The minimum absolute atomic E-state index is 0.300. The number of benzene rings is 1. The number of ether oxygens (including phenoxy) is 1. The van der Waals surface area contributed by atoms with Crippen molar-refractivity contribution in [3.8, 4) is 5.75 Å². The second-order valence-electron chi connectivity index (χ2n) is 4.22. The number of hydrazine groups is 1. The Morgan fingerprint density at radius 1 is 1.41 bits per heavy atom. The van der Waals surface area contributed by atoms with E-state index in [1.165, 1.54) is 0 Å². The highest BCUT2D eigenvalue weighted by atomic mass is 16.5. The zero-order chi connectivity index (χ0) is 12.8. The monoisotopic (exact) mass is 236 g/mol.